The summed E-state index contributed by atoms with van der Waals surface area (Å²) in [5.74, 6) is 0.911. The van der Waals surface area contributed by atoms with Crippen molar-refractivity contribution in [2.75, 3.05) is 13.7 Å². The van der Waals surface area contributed by atoms with E-state index in [1.807, 2.05) is 0 Å². The zero-order chi connectivity index (χ0) is 12.5. The zero-order valence-electron chi connectivity index (χ0n) is 10.6. The van der Waals surface area contributed by atoms with E-state index >= 15 is 0 Å². The minimum Gasteiger partial charge on any atom is -0.496 e. The van der Waals surface area contributed by atoms with Gasteiger partial charge in [-0.05, 0) is 24.6 Å². The third-order valence-corrected chi connectivity index (χ3v) is 4.32. The smallest absolute Gasteiger partial charge is 0.129 e. The van der Waals surface area contributed by atoms with E-state index < -0.39 is 0 Å². The molecule has 4 heteroatoms. The van der Waals surface area contributed by atoms with Crippen LogP contribution in [0.15, 0.2) is 18.2 Å². The van der Waals surface area contributed by atoms with Gasteiger partial charge in [-0.25, -0.2) is 4.98 Å². The molecule has 0 bridgehead atoms. The van der Waals surface area contributed by atoms with E-state index in [4.69, 9.17) is 9.72 Å². The van der Waals surface area contributed by atoms with Crippen LogP contribution in [0.2, 0.25) is 0 Å². The minimum absolute atomic E-state index is 0.911. The maximum Gasteiger partial charge on any atom is 0.129 e. The quantitative estimate of drug-likeness (QED) is 0.901. The lowest BCUT2D eigenvalue weighted by Crippen LogP contribution is -2.22. The predicted molar refractivity (Wildman–Crippen MR) is 74.2 cm³/mol. The molecule has 1 aliphatic rings. The second-order valence-electron chi connectivity index (χ2n) is 4.52. The van der Waals surface area contributed by atoms with E-state index in [-0.39, 0.29) is 0 Å². The van der Waals surface area contributed by atoms with Crippen LogP contribution in [0.1, 0.15) is 16.1 Å². The normalized spacial score (nSPS) is 14.3. The van der Waals surface area contributed by atoms with Crippen molar-refractivity contribution < 1.29 is 4.74 Å². The SMILES string of the molecule is COc1cc(C)ccc1-c1nc2c(s1)CNCC2. The minimum atomic E-state index is 0.911. The first-order valence-corrected chi connectivity index (χ1v) is 6.94. The summed E-state index contributed by atoms with van der Waals surface area (Å²) in [6.45, 7) is 4.05. The average Bonchev–Trinajstić information content (AvgIpc) is 2.82. The van der Waals surface area contributed by atoms with Crippen molar-refractivity contribution in [2.24, 2.45) is 0 Å². The van der Waals surface area contributed by atoms with Crippen molar-refractivity contribution in [3.8, 4) is 16.3 Å². The van der Waals surface area contributed by atoms with Crippen molar-refractivity contribution >= 4 is 11.3 Å². The molecule has 0 fully saturated rings. The summed E-state index contributed by atoms with van der Waals surface area (Å²) < 4.78 is 5.46. The Morgan fingerprint density at radius 3 is 3.06 bits per heavy atom. The highest BCUT2D eigenvalue weighted by Gasteiger charge is 2.17. The number of nitrogens with one attached hydrogen (secondary N) is 1. The number of fused-ring (bicyclic) bond motifs is 1. The third kappa shape index (κ3) is 2.02. The van der Waals surface area contributed by atoms with E-state index in [1.165, 1.54) is 16.1 Å². The van der Waals surface area contributed by atoms with Gasteiger partial charge in [-0.2, -0.15) is 0 Å². The van der Waals surface area contributed by atoms with Crippen molar-refractivity contribution in [3.05, 3.63) is 34.3 Å². The molecule has 2 heterocycles. The molecular weight excluding hydrogens is 244 g/mol. The monoisotopic (exact) mass is 260 g/mol. The summed E-state index contributed by atoms with van der Waals surface area (Å²) in [6.07, 6.45) is 1.03. The summed E-state index contributed by atoms with van der Waals surface area (Å²) in [4.78, 5) is 6.12. The Morgan fingerprint density at radius 2 is 2.28 bits per heavy atom. The second kappa shape index (κ2) is 4.71. The molecule has 0 spiro atoms. The molecule has 3 rings (SSSR count). The molecule has 1 aromatic carbocycles. The van der Waals surface area contributed by atoms with Gasteiger partial charge in [0.25, 0.3) is 0 Å². The molecule has 0 unspecified atom stereocenters. The van der Waals surface area contributed by atoms with Crippen LogP contribution in [0.25, 0.3) is 10.6 Å². The number of hydrogen-bond acceptors (Lipinski definition) is 4. The molecule has 18 heavy (non-hydrogen) atoms. The molecule has 0 amide bonds. The maximum atomic E-state index is 5.46. The van der Waals surface area contributed by atoms with Crippen LogP contribution in [-0.4, -0.2) is 18.6 Å². The fourth-order valence-corrected chi connectivity index (χ4v) is 3.32. The maximum absolute atomic E-state index is 5.46. The molecule has 0 aliphatic carbocycles. The van der Waals surface area contributed by atoms with E-state index in [0.29, 0.717) is 0 Å². The topological polar surface area (TPSA) is 34.1 Å². The lowest BCUT2D eigenvalue weighted by Gasteiger charge is -2.09. The van der Waals surface area contributed by atoms with Crippen molar-refractivity contribution in [1.82, 2.24) is 10.3 Å². The number of aryl methyl sites for hydroxylation is 1. The molecule has 1 aliphatic heterocycles. The van der Waals surface area contributed by atoms with E-state index in [0.717, 1.165) is 35.8 Å². The number of nitrogens with zero attached hydrogens (tertiary/aromatic N) is 1. The van der Waals surface area contributed by atoms with Gasteiger partial charge in [0, 0.05) is 24.4 Å². The number of aromatic nitrogens is 1. The predicted octanol–water partition coefficient (Wildman–Crippen LogP) is 2.77. The van der Waals surface area contributed by atoms with Crippen LogP contribution in [-0.2, 0) is 13.0 Å². The Labute approximate surface area is 111 Å². The van der Waals surface area contributed by atoms with Crippen LogP contribution in [0.4, 0.5) is 0 Å². The van der Waals surface area contributed by atoms with Crippen LogP contribution < -0.4 is 10.1 Å². The number of thiazole rings is 1. The fourth-order valence-electron chi connectivity index (χ4n) is 2.22. The molecule has 2 aromatic rings. The summed E-state index contributed by atoms with van der Waals surface area (Å²) in [5.41, 5.74) is 3.55. The fraction of sp³-hybridized carbons (Fsp3) is 0.357. The van der Waals surface area contributed by atoms with Crippen LogP contribution in [0.3, 0.4) is 0 Å². The molecular formula is C14H16N2OS. The van der Waals surface area contributed by atoms with Gasteiger partial charge in [0.2, 0.25) is 0 Å². The Morgan fingerprint density at radius 1 is 1.39 bits per heavy atom. The van der Waals surface area contributed by atoms with Crippen LogP contribution in [0, 0.1) is 6.92 Å². The zero-order valence-corrected chi connectivity index (χ0v) is 11.4. The van der Waals surface area contributed by atoms with Crippen molar-refractivity contribution in [1.29, 1.82) is 0 Å². The molecule has 0 saturated carbocycles. The van der Waals surface area contributed by atoms with Gasteiger partial charge in [0.05, 0.1) is 18.4 Å². The number of rotatable bonds is 2. The second-order valence-corrected chi connectivity index (χ2v) is 5.60. The van der Waals surface area contributed by atoms with Gasteiger partial charge in [-0.3, -0.25) is 0 Å². The van der Waals surface area contributed by atoms with Gasteiger partial charge >= 0.3 is 0 Å². The third-order valence-electron chi connectivity index (χ3n) is 3.19. The largest absolute Gasteiger partial charge is 0.496 e. The number of ether oxygens (including phenoxy) is 1. The highest BCUT2D eigenvalue weighted by molar-refractivity contribution is 7.15. The average molecular weight is 260 g/mol. The number of benzene rings is 1. The first-order chi connectivity index (χ1) is 8.78. The Bertz CT molecular complexity index is 554. The van der Waals surface area contributed by atoms with Gasteiger partial charge in [0.15, 0.2) is 0 Å². The first-order valence-electron chi connectivity index (χ1n) is 6.12. The number of hydrogen-bond donors (Lipinski definition) is 1. The van der Waals surface area contributed by atoms with Gasteiger partial charge < -0.3 is 10.1 Å². The standard InChI is InChI=1S/C14H16N2OS/c1-9-3-4-10(12(7-9)17-2)14-16-11-5-6-15-8-13(11)18-14/h3-4,7,15H,5-6,8H2,1-2H3. The van der Waals surface area contributed by atoms with E-state index in [1.54, 1.807) is 18.4 Å². The summed E-state index contributed by atoms with van der Waals surface area (Å²) in [6, 6.07) is 6.27. The summed E-state index contributed by atoms with van der Waals surface area (Å²) >= 11 is 1.77. The van der Waals surface area contributed by atoms with E-state index in [2.05, 4.69) is 30.4 Å². The van der Waals surface area contributed by atoms with Crippen LogP contribution in [0.5, 0.6) is 5.75 Å². The summed E-state index contributed by atoms with van der Waals surface area (Å²) in [5, 5.41) is 4.45. The van der Waals surface area contributed by atoms with Gasteiger partial charge in [0.1, 0.15) is 10.8 Å². The first kappa shape index (κ1) is 11.7. The molecule has 1 N–H and O–H groups in total. The lowest BCUT2D eigenvalue weighted by atomic mass is 10.1. The summed E-state index contributed by atoms with van der Waals surface area (Å²) in [7, 11) is 1.72. The highest BCUT2D eigenvalue weighted by Crippen LogP contribution is 2.35. The van der Waals surface area contributed by atoms with E-state index in [9.17, 15) is 0 Å². The number of methoxy groups -OCH3 is 1. The molecule has 3 nitrogen and oxygen atoms in total. The Balaban J connectivity index is 2.06. The van der Waals surface area contributed by atoms with Crippen LogP contribution >= 0.6 is 11.3 Å². The highest BCUT2D eigenvalue weighted by atomic mass is 32.1. The van der Waals surface area contributed by atoms with Gasteiger partial charge in [-0.15, -0.1) is 11.3 Å². The Hall–Kier alpha value is -1.39. The molecule has 0 radical (unpaired) electrons. The molecule has 1 aromatic heterocycles. The van der Waals surface area contributed by atoms with Crippen molar-refractivity contribution in [3.63, 3.8) is 0 Å². The molecule has 0 saturated heterocycles. The van der Waals surface area contributed by atoms with Crippen molar-refractivity contribution in [2.45, 2.75) is 19.9 Å². The molecule has 94 valence electrons. The lowest BCUT2D eigenvalue weighted by molar-refractivity contribution is 0.416. The Kier molecular flexibility index (Phi) is 3.06. The molecule has 0 atom stereocenters. The van der Waals surface area contributed by atoms with Gasteiger partial charge in [-0.1, -0.05) is 6.07 Å².